The Bertz CT molecular complexity index is 1370. The predicted molar refractivity (Wildman–Crippen MR) is 124 cm³/mol. The van der Waals surface area contributed by atoms with Crippen molar-refractivity contribution in [2.45, 2.75) is 40.3 Å². The van der Waals surface area contributed by atoms with Gasteiger partial charge in [0.25, 0.3) is 5.91 Å². The summed E-state index contributed by atoms with van der Waals surface area (Å²) in [5, 5.41) is 7.45. The number of ether oxygens (including phenoxy) is 1. The maximum atomic E-state index is 13.7. The summed E-state index contributed by atoms with van der Waals surface area (Å²) in [7, 11) is 0. The molecule has 1 N–H and O–H groups in total. The maximum Gasteiger partial charge on any atom is 0.339 e. The third-order valence-electron chi connectivity index (χ3n) is 5.36. The van der Waals surface area contributed by atoms with E-state index in [1.807, 2.05) is 33.8 Å². The molecule has 0 saturated heterocycles. The number of nitrogens with one attached hydrogen (secondary N) is 1. The summed E-state index contributed by atoms with van der Waals surface area (Å²) >= 11 is 0. The number of amides is 1. The molecule has 9 heteroatoms. The van der Waals surface area contributed by atoms with Gasteiger partial charge >= 0.3 is 5.97 Å². The number of aryl methyl sites for hydroxylation is 2. The second-order valence-electron chi connectivity index (χ2n) is 8.25. The molecule has 4 rings (SSSR count). The molecular weight excluding hydrogens is 439 g/mol. The van der Waals surface area contributed by atoms with Crippen LogP contribution in [0, 0.1) is 19.7 Å². The molecule has 0 bridgehead atoms. The molecule has 4 aromatic rings. The Balaban J connectivity index is 1.57. The van der Waals surface area contributed by atoms with Crippen molar-refractivity contribution in [3.63, 3.8) is 0 Å². The summed E-state index contributed by atoms with van der Waals surface area (Å²) in [6.45, 7) is 7.08. The van der Waals surface area contributed by atoms with E-state index in [4.69, 9.17) is 14.1 Å². The van der Waals surface area contributed by atoms with Gasteiger partial charge in [-0.1, -0.05) is 18.2 Å². The van der Waals surface area contributed by atoms with Crippen molar-refractivity contribution in [1.29, 1.82) is 0 Å². The van der Waals surface area contributed by atoms with Crippen molar-refractivity contribution in [1.82, 2.24) is 20.1 Å². The molecule has 0 atom stereocenters. The van der Waals surface area contributed by atoms with Crippen LogP contribution in [0.2, 0.25) is 0 Å². The second-order valence-corrected chi connectivity index (χ2v) is 8.25. The molecule has 0 fully saturated rings. The van der Waals surface area contributed by atoms with Crippen LogP contribution in [0.15, 0.2) is 47.0 Å². The highest BCUT2D eigenvalue weighted by Gasteiger charge is 2.22. The maximum absolute atomic E-state index is 13.7. The minimum absolute atomic E-state index is 0.00696. The molecule has 176 valence electrons. The molecule has 1 aromatic carbocycles. The Morgan fingerprint density at radius 2 is 1.97 bits per heavy atom. The van der Waals surface area contributed by atoms with Crippen LogP contribution in [0.3, 0.4) is 0 Å². The van der Waals surface area contributed by atoms with E-state index < -0.39 is 24.3 Å². The summed E-state index contributed by atoms with van der Waals surface area (Å²) in [4.78, 5) is 29.9. The first-order valence-corrected chi connectivity index (χ1v) is 10.9. The summed E-state index contributed by atoms with van der Waals surface area (Å²) in [6, 6.07) is 9.62. The fourth-order valence-corrected chi connectivity index (χ4v) is 3.68. The Labute approximate surface area is 195 Å². The molecular formula is C25H25FN4O4. The minimum Gasteiger partial charge on any atom is -0.466 e. The molecule has 0 unspecified atom stereocenters. The summed E-state index contributed by atoms with van der Waals surface area (Å²) in [6.07, 6.45) is 1.56. The normalized spacial score (nSPS) is 11.2. The molecule has 34 heavy (non-hydrogen) atoms. The predicted octanol–water partition coefficient (Wildman–Crippen LogP) is 4.50. The van der Waals surface area contributed by atoms with Gasteiger partial charge in [0.05, 0.1) is 22.8 Å². The summed E-state index contributed by atoms with van der Waals surface area (Å²) < 4.78 is 26.4. The SMILES string of the molecule is Cc1cc(-c2cc(C(=O)OCC(=O)NCc3ccccc3F)c3cnn(C(C)C)c3n2)c(C)o1. The minimum atomic E-state index is -0.684. The molecule has 0 spiro atoms. The number of rotatable bonds is 7. The van der Waals surface area contributed by atoms with Gasteiger partial charge in [0.1, 0.15) is 17.3 Å². The van der Waals surface area contributed by atoms with E-state index in [1.54, 1.807) is 35.1 Å². The van der Waals surface area contributed by atoms with Gasteiger partial charge in [-0.3, -0.25) is 4.79 Å². The Hall–Kier alpha value is -4.01. The lowest BCUT2D eigenvalue weighted by Crippen LogP contribution is -2.28. The average molecular weight is 464 g/mol. The lowest BCUT2D eigenvalue weighted by Gasteiger charge is -2.11. The molecule has 1 amide bonds. The van der Waals surface area contributed by atoms with E-state index in [1.165, 1.54) is 6.07 Å². The number of carbonyl (C=O) groups excluding carboxylic acids is 2. The van der Waals surface area contributed by atoms with Gasteiger partial charge in [-0.2, -0.15) is 5.10 Å². The van der Waals surface area contributed by atoms with Crippen LogP contribution in [0.1, 0.15) is 47.3 Å². The first-order chi connectivity index (χ1) is 16.2. The zero-order chi connectivity index (χ0) is 24.4. The van der Waals surface area contributed by atoms with Crippen molar-refractivity contribution < 1.29 is 23.1 Å². The van der Waals surface area contributed by atoms with Crippen molar-refractivity contribution >= 4 is 22.9 Å². The molecule has 0 radical (unpaired) electrons. The van der Waals surface area contributed by atoms with Crippen LogP contribution in [0.5, 0.6) is 0 Å². The van der Waals surface area contributed by atoms with Crippen molar-refractivity contribution in [2.24, 2.45) is 0 Å². The van der Waals surface area contributed by atoms with Crippen molar-refractivity contribution in [3.05, 3.63) is 71.1 Å². The Kier molecular flexibility index (Phi) is 6.45. The lowest BCUT2D eigenvalue weighted by atomic mass is 10.1. The molecule has 0 saturated carbocycles. The molecule has 0 aliphatic carbocycles. The monoisotopic (exact) mass is 464 g/mol. The zero-order valence-electron chi connectivity index (χ0n) is 19.4. The third-order valence-corrected chi connectivity index (χ3v) is 5.36. The highest BCUT2D eigenvalue weighted by Crippen LogP contribution is 2.30. The number of hydrogen-bond donors (Lipinski definition) is 1. The summed E-state index contributed by atoms with van der Waals surface area (Å²) in [5.41, 5.74) is 2.41. The van der Waals surface area contributed by atoms with Gasteiger partial charge in [-0.15, -0.1) is 0 Å². The van der Waals surface area contributed by atoms with Crippen LogP contribution in [-0.2, 0) is 16.1 Å². The van der Waals surface area contributed by atoms with Crippen LogP contribution in [-0.4, -0.2) is 33.2 Å². The Morgan fingerprint density at radius 1 is 1.21 bits per heavy atom. The molecule has 0 aliphatic heterocycles. The van der Waals surface area contributed by atoms with E-state index in [0.717, 1.165) is 11.3 Å². The quantitative estimate of drug-likeness (QED) is 0.404. The van der Waals surface area contributed by atoms with Crippen LogP contribution in [0.4, 0.5) is 4.39 Å². The molecule has 3 aromatic heterocycles. The average Bonchev–Trinajstić information content (AvgIpc) is 3.38. The highest BCUT2D eigenvalue weighted by atomic mass is 19.1. The lowest BCUT2D eigenvalue weighted by molar-refractivity contribution is -0.124. The standard InChI is InChI=1S/C25H25FN4O4/c1-14(2)30-24-20(12-28-30)19(10-22(29-24)18-9-15(3)34-16(18)4)25(32)33-13-23(31)27-11-17-7-5-6-8-21(17)26/h5-10,12,14H,11,13H2,1-4H3,(H,27,31). The number of halogens is 1. The smallest absolute Gasteiger partial charge is 0.339 e. The number of fused-ring (bicyclic) bond motifs is 1. The van der Waals surface area contributed by atoms with Gasteiger partial charge in [-0.05, 0) is 45.9 Å². The fraction of sp³-hybridized carbons (Fsp3) is 0.280. The summed E-state index contributed by atoms with van der Waals surface area (Å²) in [5.74, 6) is -0.246. The van der Waals surface area contributed by atoms with Crippen molar-refractivity contribution in [2.75, 3.05) is 6.61 Å². The number of benzene rings is 1. The number of esters is 1. The number of carbonyl (C=O) groups is 2. The van der Waals surface area contributed by atoms with Gasteiger partial charge in [0, 0.05) is 23.7 Å². The highest BCUT2D eigenvalue weighted by molar-refractivity contribution is 6.04. The number of hydrogen-bond acceptors (Lipinski definition) is 6. The number of aromatic nitrogens is 3. The fourth-order valence-electron chi connectivity index (χ4n) is 3.68. The van der Waals surface area contributed by atoms with Crippen molar-refractivity contribution in [3.8, 4) is 11.3 Å². The van der Waals surface area contributed by atoms with Crippen LogP contribution >= 0.6 is 0 Å². The van der Waals surface area contributed by atoms with E-state index in [0.29, 0.717) is 28.1 Å². The Morgan fingerprint density at radius 3 is 2.65 bits per heavy atom. The first kappa shape index (κ1) is 23.2. The van der Waals surface area contributed by atoms with Gasteiger partial charge in [-0.25, -0.2) is 18.9 Å². The molecule has 0 aliphatic rings. The number of nitrogens with zero attached hydrogens (tertiary/aromatic N) is 3. The van der Waals surface area contributed by atoms with E-state index in [9.17, 15) is 14.0 Å². The van der Waals surface area contributed by atoms with Crippen LogP contribution < -0.4 is 5.32 Å². The van der Waals surface area contributed by atoms with Gasteiger partial charge < -0.3 is 14.5 Å². The first-order valence-electron chi connectivity index (χ1n) is 10.9. The number of pyridine rings is 1. The third kappa shape index (κ3) is 4.68. The second kappa shape index (κ2) is 9.46. The zero-order valence-corrected chi connectivity index (χ0v) is 19.4. The van der Waals surface area contributed by atoms with E-state index in [2.05, 4.69) is 10.4 Å². The molecule has 3 heterocycles. The number of furan rings is 1. The topological polar surface area (TPSA) is 99.2 Å². The molecule has 8 nitrogen and oxygen atoms in total. The van der Waals surface area contributed by atoms with Crippen LogP contribution in [0.25, 0.3) is 22.3 Å². The largest absolute Gasteiger partial charge is 0.466 e. The van der Waals surface area contributed by atoms with E-state index >= 15 is 0 Å². The van der Waals surface area contributed by atoms with Gasteiger partial charge in [0.2, 0.25) is 0 Å². The van der Waals surface area contributed by atoms with Gasteiger partial charge in [0.15, 0.2) is 12.3 Å². The van der Waals surface area contributed by atoms with E-state index in [-0.39, 0.29) is 18.2 Å².